The van der Waals surface area contributed by atoms with Gasteiger partial charge >= 0.3 is 0 Å². The van der Waals surface area contributed by atoms with E-state index in [-0.39, 0.29) is 24.3 Å². The molecule has 1 aromatic heterocycles. The van der Waals surface area contributed by atoms with Crippen molar-refractivity contribution in [3.8, 4) is 0 Å². The van der Waals surface area contributed by atoms with E-state index in [0.717, 1.165) is 53.8 Å². The van der Waals surface area contributed by atoms with Gasteiger partial charge in [-0.1, -0.05) is 12.6 Å². The molecule has 3 rings (SSSR count). The second-order valence-electron chi connectivity index (χ2n) is 7.01. The van der Waals surface area contributed by atoms with Gasteiger partial charge in [-0.2, -0.15) is 0 Å². The summed E-state index contributed by atoms with van der Waals surface area (Å²) in [5.41, 5.74) is 10.7. The van der Waals surface area contributed by atoms with Gasteiger partial charge in [0.1, 0.15) is 0 Å². The van der Waals surface area contributed by atoms with Crippen LogP contribution < -0.4 is 16.0 Å². The minimum Gasteiger partial charge on any atom is -0.369 e. The molecule has 0 radical (unpaired) electrons. The number of piperidine rings is 1. The van der Waals surface area contributed by atoms with Gasteiger partial charge in [0.05, 0.1) is 11.9 Å². The zero-order valence-electron chi connectivity index (χ0n) is 15.4. The molecule has 0 spiro atoms. The number of rotatable bonds is 5. The Morgan fingerprint density at radius 2 is 2.19 bits per heavy atom. The molecule has 4 N–H and O–H groups in total. The number of nitrogens with zero attached hydrogens (tertiary/aromatic N) is 1. The first-order valence-corrected chi connectivity index (χ1v) is 8.97. The highest BCUT2D eigenvalue weighted by Crippen LogP contribution is 2.35. The van der Waals surface area contributed by atoms with E-state index in [9.17, 15) is 9.59 Å². The zero-order chi connectivity index (χ0) is 18.8. The van der Waals surface area contributed by atoms with Crippen LogP contribution in [0.2, 0.25) is 0 Å². The second-order valence-corrected chi connectivity index (χ2v) is 7.01. The Morgan fingerprint density at radius 1 is 1.42 bits per heavy atom. The van der Waals surface area contributed by atoms with E-state index in [2.05, 4.69) is 34.8 Å². The maximum absolute atomic E-state index is 11.6. The van der Waals surface area contributed by atoms with Crippen molar-refractivity contribution in [1.82, 2.24) is 10.3 Å². The smallest absolute Gasteiger partial charge is 0.243 e. The van der Waals surface area contributed by atoms with E-state index in [1.807, 2.05) is 13.0 Å². The van der Waals surface area contributed by atoms with E-state index < -0.39 is 0 Å². The summed E-state index contributed by atoms with van der Waals surface area (Å²) in [7, 11) is 0. The lowest BCUT2D eigenvalue weighted by Crippen LogP contribution is -2.47. The number of carbonyl (C=O) groups is 2. The lowest BCUT2D eigenvalue weighted by atomic mass is 10.00. The summed E-state index contributed by atoms with van der Waals surface area (Å²) < 4.78 is 0. The van der Waals surface area contributed by atoms with E-state index in [4.69, 9.17) is 5.73 Å². The third kappa shape index (κ3) is 3.45. The minimum atomic E-state index is -0.339. The molecule has 1 unspecified atom stereocenters. The van der Waals surface area contributed by atoms with Crippen molar-refractivity contribution < 1.29 is 9.59 Å². The number of aromatic nitrogens is 1. The number of fused-ring (bicyclic) bond motifs is 1. The van der Waals surface area contributed by atoms with Gasteiger partial charge in [-0.3, -0.25) is 9.59 Å². The molecular formula is C20H26N4O2. The van der Waals surface area contributed by atoms with Gasteiger partial charge in [-0.15, -0.1) is 0 Å². The van der Waals surface area contributed by atoms with Crippen LogP contribution in [-0.4, -0.2) is 35.9 Å². The van der Waals surface area contributed by atoms with Gasteiger partial charge in [0.2, 0.25) is 11.8 Å². The molecule has 0 bridgehead atoms. The topological polar surface area (TPSA) is 91.2 Å². The molecule has 2 amide bonds. The number of carbonyl (C=O) groups excluding carboxylic acids is 2. The molecule has 1 saturated heterocycles. The number of nitrogens with two attached hydrogens (primary N) is 1. The average Bonchev–Trinajstić information content (AvgIpc) is 2.91. The quantitative estimate of drug-likeness (QED) is 0.718. The lowest BCUT2D eigenvalue weighted by Gasteiger charge is -2.35. The van der Waals surface area contributed by atoms with E-state index in [0.29, 0.717) is 0 Å². The average molecular weight is 354 g/mol. The molecule has 138 valence electrons. The van der Waals surface area contributed by atoms with Crippen LogP contribution in [0.4, 0.5) is 5.69 Å². The first-order chi connectivity index (χ1) is 12.4. The van der Waals surface area contributed by atoms with Gasteiger partial charge in [-0.05, 0) is 50.0 Å². The van der Waals surface area contributed by atoms with Crippen LogP contribution in [-0.2, 0) is 16.0 Å². The molecule has 1 fully saturated rings. The molecule has 1 atom stereocenters. The van der Waals surface area contributed by atoms with Crippen LogP contribution in [0.25, 0.3) is 10.9 Å². The second kappa shape index (κ2) is 7.23. The summed E-state index contributed by atoms with van der Waals surface area (Å²) >= 11 is 0. The fraction of sp³-hybridized carbons (Fsp3) is 0.400. The number of anilines is 1. The predicted molar refractivity (Wildman–Crippen MR) is 104 cm³/mol. The number of primary amides is 1. The van der Waals surface area contributed by atoms with Gasteiger partial charge < -0.3 is 20.9 Å². The molecule has 1 aliphatic heterocycles. The molecule has 2 heterocycles. The summed E-state index contributed by atoms with van der Waals surface area (Å²) in [6, 6.07) is 4.15. The Labute approximate surface area is 153 Å². The monoisotopic (exact) mass is 354 g/mol. The lowest BCUT2D eigenvalue weighted by molar-refractivity contribution is -0.118. The van der Waals surface area contributed by atoms with Crippen LogP contribution in [0.5, 0.6) is 0 Å². The summed E-state index contributed by atoms with van der Waals surface area (Å²) in [5, 5.41) is 4.14. The third-order valence-corrected chi connectivity index (χ3v) is 5.18. The Hall–Kier alpha value is -2.76. The van der Waals surface area contributed by atoms with Gasteiger partial charge in [0, 0.05) is 35.9 Å². The minimum absolute atomic E-state index is 0.106. The highest BCUT2D eigenvalue weighted by Gasteiger charge is 2.24. The van der Waals surface area contributed by atoms with E-state index in [1.54, 1.807) is 0 Å². The number of aryl methyl sites for hydroxylation is 2. The van der Waals surface area contributed by atoms with Crippen LogP contribution in [0.1, 0.15) is 29.7 Å². The summed E-state index contributed by atoms with van der Waals surface area (Å²) in [6.45, 7) is 9.35. The predicted octanol–water partition coefficient (Wildman–Crippen LogP) is 2.08. The normalized spacial score (nSPS) is 17.3. The van der Waals surface area contributed by atoms with Crippen molar-refractivity contribution in [3.05, 3.63) is 41.6 Å². The molecule has 0 aliphatic carbocycles. The molecule has 1 aromatic carbocycles. The van der Waals surface area contributed by atoms with Crippen molar-refractivity contribution in [1.29, 1.82) is 0 Å². The van der Waals surface area contributed by atoms with Crippen molar-refractivity contribution >= 4 is 28.4 Å². The first-order valence-electron chi connectivity index (χ1n) is 8.97. The highest BCUT2D eigenvalue weighted by molar-refractivity contribution is 5.99. The molecule has 26 heavy (non-hydrogen) atoms. The molecule has 1 aliphatic rings. The molecular weight excluding hydrogens is 328 g/mol. The largest absolute Gasteiger partial charge is 0.369 e. The number of hydrogen-bond donors (Lipinski definition) is 3. The fourth-order valence-electron chi connectivity index (χ4n) is 3.80. The molecule has 0 saturated carbocycles. The third-order valence-electron chi connectivity index (χ3n) is 5.18. The Morgan fingerprint density at radius 3 is 2.88 bits per heavy atom. The zero-order valence-corrected chi connectivity index (χ0v) is 15.4. The van der Waals surface area contributed by atoms with Gasteiger partial charge in [-0.25, -0.2) is 0 Å². The van der Waals surface area contributed by atoms with Crippen LogP contribution in [0.3, 0.4) is 0 Å². The molecule has 6 nitrogen and oxygen atoms in total. The Balaban J connectivity index is 1.98. The van der Waals surface area contributed by atoms with Gasteiger partial charge in [0.15, 0.2) is 0 Å². The van der Waals surface area contributed by atoms with Crippen molar-refractivity contribution in [3.63, 3.8) is 0 Å². The van der Waals surface area contributed by atoms with Crippen LogP contribution >= 0.6 is 0 Å². The molecule has 2 aromatic rings. The molecule has 6 heteroatoms. The fourth-order valence-corrected chi connectivity index (χ4v) is 3.80. The number of amides is 2. The Kier molecular flexibility index (Phi) is 5.02. The van der Waals surface area contributed by atoms with Gasteiger partial charge in [0.25, 0.3) is 0 Å². The van der Waals surface area contributed by atoms with E-state index >= 15 is 0 Å². The number of nitrogens with one attached hydrogen (secondary N) is 2. The number of hydrogen-bond acceptors (Lipinski definition) is 3. The van der Waals surface area contributed by atoms with Crippen LogP contribution in [0, 0.1) is 13.8 Å². The van der Waals surface area contributed by atoms with E-state index in [1.165, 1.54) is 11.6 Å². The number of H-pyrrole nitrogens is 1. The SMILES string of the molecule is C=CC(=O)NC1CCCN(c2ccc(CC(N)=O)c3[nH]c(C)c(C)c23)C1. The van der Waals surface area contributed by atoms with Crippen molar-refractivity contribution in [2.45, 2.75) is 39.2 Å². The van der Waals surface area contributed by atoms with Crippen molar-refractivity contribution in [2.24, 2.45) is 5.73 Å². The summed E-state index contributed by atoms with van der Waals surface area (Å²) in [4.78, 5) is 28.8. The standard InChI is InChI=1S/C20H26N4O2/c1-4-18(26)23-15-6-5-9-24(11-15)16-8-7-14(10-17(21)25)20-19(16)12(2)13(3)22-20/h4,7-8,15,22H,1,5-6,9-11H2,2-3H3,(H2,21,25)(H,23,26). The Bertz CT molecular complexity index is 868. The van der Waals surface area contributed by atoms with Crippen LogP contribution in [0.15, 0.2) is 24.8 Å². The summed E-state index contributed by atoms with van der Waals surface area (Å²) in [5.74, 6) is -0.471. The number of benzene rings is 1. The summed E-state index contributed by atoms with van der Waals surface area (Å²) in [6.07, 6.45) is 3.50. The highest BCUT2D eigenvalue weighted by atomic mass is 16.1. The maximum atomic E-state index is 11.6. The number of aromatic amines is 1. The maximum Gasteiger partial charge on any atom is 0.243 e. The first kappa shape index (κ1) is 18.0. The van der Waals surface area contributed by atoms with Crippen molar-refractivity contribution in [2.75, 3.05) is 18.0 Å².